The van der Waals surface area contributed by atoms with Crippen LogP contribution in [0.15, 0.2) is 53.7 Å². The molecule has 2 aromatic carbocycles. The summed E-state index contributed by atoms with van der Waals surface area (Å²) in [5.41, 5.74) is 8.01. The van der Waals surface area contributed by atoms with Gasteiger partial charge in [0.15, 0.2) is 10.3 Å². The van der Waals surface area contributed by atoms with Crippen molar-refractivity contribution in [2.75, 3.05) is 11.1 Å². The first kappa shape index (κ1) is 20.6. The fourth-order valence-electron chi connectivity index (χ4n) is 3.03. The second-order valence-corrected chi connectivity index (χ2v) is 8.94. The minimum atomic E-state index is -0.547. The fourth-order valence-corrected chi connectivity index (χ4v) is 5.12. The smallest absolute Gasteiger partial charge is 0.249 e. The molecule has 1 amide bonds. The summed E-state index contributed by atoms with van der Waals surface area (Å²) in [7, 11) is 0. The summed E-state index contributed by atoms with van der Waals surface area (Å²) < 4.78 is 2.60. The van der Waals surface area contributed by atoms with Crippen molar-refractivity contribution < 1.29 is 4.79 Å². The van der Waals surface area contributed by atoms with Crippen molar-refractivity contribution >= 4 is 61.9 Å². The standard InChI is InChI=1S/C20H19ClN6OS2/c1-2-15(17(28)24-19-23-14-9-8-13(21)10-16(14)30-19)27-18(22)25-26-20(27)29-11-12-6-4-3-5-7-12/h3-10,15H,2,11H2,1H3,(H2,22,25)(H,23,24,28). The van der Waals surface area contributed by atoms with E-state index in [0.29, 0.717) is 27.5 Å². The number of anilines is 2. The number of aromatic nitrogens is 4. The molecule has 0 fully saturated rings. The van der Waals surface area contributed by atoms with E-state index in [2.05, 4.69) is 20.5 Å². The molecule has 2 heterocycles. The molecule has 0 aliphatic heterocycles. The maximum Gasteiger partial charge on any atom is 0.249 e. The number of nitrogens with zero attached hydrogens (tertiary/aromatic N) is 4. The molecule has 0 radical (unpaired) electrons. The zero-order valence-electron chi connectivity index (χ0n) is 16.1. The zero-order valence-corrected chi connectivity index (χ0v) is 18.5. The lowest BCUT2D eigenvalue weighted by Crippen LogP contribution is -2.27. The molecule has 4 rings (SSSR count). The lowest BCUT2D eigenvalue weighted by Gasteiger charge is -2.18. The molecule has 1 atom stereocenters. The second kappa shape index (κ2) is 9.03. The van der Waals surface area contributed by atoms with Crippen molar-refractivity contribution in [3.8, 4) is 0 Å². The highest BCUT2D eigenvalue weighted by atomic mass is 35.5. The highest BCUT2D eigenvalue weighted by Gasteiger charge is 2.25. The van der Waals surface area contributed by atoms with Crippen LogP contribution in [0, 0.1) is 0 Å². The summed E-state index contributed by atoms with van der Waals surface area (Å²) in [5, 5.41) is 12.8. The Bertz CT molecular complexity index is 1180. The minimum Gasteiger partial charge on any atom is -0.368 e. The summed E-state index contributed by atoms with van der Waals surface area (Å²) in [6, 6.07) is 14.9. The number of nitrogens with one attached hydrogen (secondary N) is 1. The van der Waals surface area contributed by atoms with Gasteiger partial charge in [0.1, 0.15) is 6.04 Å². The number of rotatable bonds is 7. The number of carbonyl (C=O) groups is 1. The summed E-state index contributed by atoms with van der Waals surface area (Å²) in [6.07, 6.45) is 0.531. The van der Waals surface area contributed by atoms with Gasteiger partial charge in [-0.05, 0) is 30.2 Å². The summed E-state index contributed by atoms with van der Waals surface area (Å²) in [6.45, 7) is 1.92. The Balaban J connectivity index is 1.53. The van der Waals surface area contributed by atoms with Gasteiger partial charge >= 0.3 is 0 Å². The third-order valence-corrected chi connectivity index (χ3v) is 6.67. The maximum atomic E-state index is 13.1. The number of hydrogen-bond acceptors (Lipinski definition) is 7. The van der Waals surface area contributed by atoms with Gasteiger partial charge in [-0.3, -0.25) is 9.36 Å². The van der Waals surface area contributed by atoms with E-state index in [1.807, 2.05) is 49.4 Å². The Morgan fingerprint density at radius 3 is 2.83 bits per heavy atom. The quantitative estimate of drug-likeness (QED) is 0.378. The van der Waals surface area contributed by atoms with Crippen LogP contribution in [0.2, 0.25) is 5.02 Å². The van der Waals surface area contributed by atoms with E-state index in [-0.39, 0.29) is 11.9 Å². The van der Waals surface area contributed by atoms with Crippen LogP contribution in [0.1, 0.15) is 24.9 Å². The van der Waals surface area contributed by atoms with Gasteiger partial charge in [-0.25, -0.2) is 4.98 Å². The van der Waals surface area contributed by atoms with Crippen LogP contribution < -0.4 is 11.1 Å². The molecular formula is C20H19ClN6OS2. The highest BCUT2D eigenvalue weighted by molar-refractivity contribution is 7.98. The van der Waals surface area contributed by atoms with E-state index in [1.165, 1.54) is 23.1 Å². The third kappa shape index (κ3) is 4.43. The third-order valence-electron chi connectivity index (χ3n) is 4.48. The van der Waals surface area contributed by atoms with Gasteiger partial charge in [0, 0.05) is 10.8 Å². The minimum absolute atomic E-state index is 0.212. The largest absolute Gasteiger partial charge is 0.368 e. The van der Waals surface area contributed by atoms with E-state index in [4.69, 9.17) is 17.3 Å². The van der Waals surface area contributed by atoms with Crippen molar-refractivity contribution in [2.24, 2.45) is 0 Å². The first-order valence-corrected chi connectivity index (χ1v) is 11.5. The van der Waals surface area contributed by atoms with Crippen molar-refractivity contribution in [3.05, 3.63) is 59.1 Å². The molecular weight excluding hydrogens is 440 g/mol. The van der Waals surface area contributed by atoms with Crippen LogP contribution in [0.3, 0.4) is 0 Å². The molecule has 0 spiro atoms. The first-order valence-electron chi connectivity index (χ1n) is 9.29. The maximum absolute atomic E-state index is 13.1. The average Bonchev–Trinajstić information content (AvgIpc) is 3.30. The lowest BCUT2D eigenvalue weighted by atomic mass is 10.2. The predicted molar refractivity (Wildman–Crippen MR) is 123 cm³/mol. The molecule has 0 saturated carbocycles. The molecule has 4 aromatic rings. The number of fused-ring (bicyclic) bond motifs is 1. The lowest BCUT2D eigenvalue weighted by molar-refractivity contribution is -0.119. The Kier molecular flexibility index (Phi) is 6.21. The Labute approximate surface area is 186 Å². The molecule has 7 nitrogen and oxygen atoms in total. The number of carbonyl (C=O) groups excluding carboxylic acids is 1. The number of nitrogen functional groups attached to an aromatic ring is 1. The van der Waals surface area contributed by atoms with Gasteiger partial charge < -0.3 is 11.1 Å². The van der Waals surface area contributed by atoms with E-state index in [0.717, 1.165) is 15.8 Å². The highest BCUT2D eigenvalue weighted by Crippen LogP contribution is 2.31. The number of thiazole rings is 1. The molecule has 0 aliphatic carbocycles. The van der Waals surface area contributed by atoms with E-state index in [9.17, 15) is 4.79 Å². The Hall–Kier alpha value is -2.62. The summed E-state index contributed by atoms with van der Waals surface area (Å²) in [4.78, 5) is 17.5. The number of hydrogen-bond donors (Lipinski definition) is 2. The van der Waals surface area contributed by atoms with E-state index >= 15 is 0 Å². The number of benzene rings is 2. The first-order chi connectivity index (χ1) is 14.5. The van der Waals surface area contributed by atoms with Crippen LogP contribution >= 0.6 is 34.7 Å². The van der Waals surface area contributed by atoms with Gasteiger partial charge in [0.05, 0.1) is 10.2 Å². The van der Waals surface area contributed by atoms with Crippen LogP contribution in [-0.2, 0) is 10.5 Å². The average molecular weight is 459 g/mol. The number of thioether (sulfide) groups is 1. The molecule has 0 aliphatic rings. The van der Waals surface area contributed by atoms with Gasteiger partial charge in [-0.1, -0.05) is 72.0 Å². The SMILES string of the molecule is CCC(C(=O)Nc1nc2ccc(Cl)cc2s1)n1c(N)nnc1SCc1ccccc1. The van der Waals surface area contributed by atoms with Crippen LogP contribution in [0.4, 0.5) is 11.1 Å². The molecule has 1 unspecified atom stereocenters. The normalized spacial score (nSPS) is 12.2. The molecule has 3 N–H and O–H groups in total. The van der Waals surface area contributed by atoms with Gasteiger partial charge in [0.25, 0.3) is 0 Å². The van der Waals surface area contributed by atoms with Crippen molar-refractivity contribution in [3.63, 3.8) is 0 Å². The molecule has 30 heavy (non-hydrogen) atoms. The molecule has 2 aromatic heterocycles. The predicted octanol–water partition coefficient (Wildman–Crippen LogP) is 5.01. The summed E-state index contributed by atoms with van der Waals surface area (Å²) >= 11 is 8.91. The number of halogens is 1. The zero-order chi connectivity index (χ0) is 21.1. The molecule has 0 bridgehead atoms. The Morgan fingerprint density at radius 1 is 1.27 bits per heavy atom. The molecule has 154 valence electrons. The fraction of sp³-hybridized carbons (Fsp3) is 0.200. The topological polar surface area (TPSA) is 98.7 Å². The van der Waals surface area contributed by atoms with Crippen molar-refractivity contribution in [1.82, 2.24) is 19.7 Å². The van der Waals surface area contributed by atoms with Crippen molar-refractivity contribution in [1.29, 1.82) is 0 Å². The van der Waals surface area contributed by atoms with Gasteiger partial charge in [0.2, 0.25) is 11.9 Å². The number of amides is 1. The van der Waals surface area contributed by atoms with Crippen LogP contribution in [0.5, 0.6) is 0 Å². The Morgan fingerprint density at radius 2 is 2.07 bits per heavy atom. The second-order valence-electron chi connectivity index (χ2n) is 6.53. The van der Waals surface area contributed by atoms with Crippen molar-refractivity contribution in [2.45, 2.75) is 30.3 Å². The van der Waals surface area contributed by atoms with Gasteiger partial charge in [-0.2, -0.15) is 0 Å². The van der Waals surface area contributed by atoms with Crippen LogP contribution in [0.25, 0.3) is 10.2 Å². The monoisotopic (exact) mass is 458 g/mol. The van der Waals surface area contributed by atoms with E-state index in [1.54, 1.807) is 10.6 Å². The number of nitrogens with two attached hydrogens (primary N) is 1. The molecule has 10 heteroatoms. The van der Waals surface area contributed by atoms with E-state index < -0.39 is 6.04 Å². The molecule has 0 saturated heterocycles. The van der Waals surface area contributed by atoms with Gasteiger partial charge in [-0.15, -0.1) is 10.2 Å². The van der Waals surface area contributed by atoms with Crippen LogP contribution in [-0.4, -0.2) is 25.7 Å². The summed E-state index contributed by atoms with van der Waals surface area (Å²) in [5.74, 6) is 0.703.